The third kappa shape index (κ3) is 2.60. The molecular weight excluding hydrogens is 250 g/mol. The molecule has 2 rings (SSSR count). The molecule has 7 heteroatoms. The van der Waals surface area contributed by atoms with E-state index in [2.05, 4.69) is 4.72 Å². The second-order valence-electron chi connectivity index (χ2n) is 3.75. The molecule has 0 saturated heterocycles. The van der Waals surface area contributed by atoms with Gasteiger partial charge in [-0.05, 0) is 24.8 Å². The second kappa shape index (κ2) is 4.15. The molecule has 1 saturated carbocycles. The lowest BCUT2D eigenvalue weighted by molar-refractivity contribution is 0.0697. The molecule has 0 spiro atoms. The molecule has 1 aliphatic carbocycles. The highest BCUT2D eigenvalue weighted by atomic mass is 32.2. The van der Waals surface area contributed by atoms with Crippen LogP contribution in [0.25, 0.3) is 0 Å². The van der Waals surface area contributed by atoms with Crippen molar-refractivity contribution >= 4 is 27.3 Å². The van der Waals surface area contributed by atoms with Gasteiger partial charge < -0.3 is 5.11 Å². The van der Waals surface area contributed by atoms with E-state index in [0.717, 1.165) is 24.2 Å². The van der Waals surface area contributed by atoms with Crippen molar-refractivity contribution in [1.82, 2.24) is 4.72 Å². The van der Waals surface area contributed by atoms with Crippen LogP contribution in [0.4, 0.5) is 0 Å². The van der Waals surface area contributed by atoms with E-state index in [1.807, 2.05) is 0 Å². The molecule has 0 bridgehead atoms. The molecule has 0 aliphatic heterocycles. The molecule has 88 valence electrons. The Balaban J connectivity index is 2.10. The van der Waals surface area contributed by atoms with Gasteiger partial charge in [0, 0.05) is 11.9 Å². The molecule has 16 heavy (non-hydrogen) atoms. The highest BCUT2D eigenvalue weighted by molar-refractivity contribution is 7.91. The fourth-order valence-corrected chi connectivity index (χ4v) is 3.50. The SMILES string of the molecule is O=C(O)c1csc(S(=O)(=O)NCC2CC2)c1. The highest BCUT2D eigenvalue weighted by Crippen LogP contribution is 2.28. The van der Waals surface area contributed by atoms with Crippen molar-refractivity contribution < 1.29 is 18.3 Å². The van der Waals surface area contributed by atoms with Gasteiger partial charge in [0.15, 0.2) is 0 Å². The normalized spacial score (nSPS) is 16.2. The number of nitrogens with one attached hydrogen (secondary N) is 1. The summed E-state index contributed by atoms with van der Waals surface area (Å²) in [5.41, 5.74) is 0.0109. The van der Waals surface area contributed by atoms with Crippen molar-refractivity contribution in [3.05, 3.63) is 17.0 Å². The van der Waals surface area contributed by atoms with E-state index in [1.165, 1.54) is 11.4 Å². The van der Waals surface area contributed by atoms with Crippen molar-refractivity contribution in [3.8, 4) is 0 Å². The third-order valence-corrected chi connectivity index (χ3v) is 5.21. The van der Waals surface area contributed by atoms with E-state index in [4.69, 9.17) is 5.11 Å². The molecule has 1 aliphatic rings. The molecule has 0 atom stereocenters. The summed E-state index contributed by atoms with van der Waals surface area (Å²) >= 11 is 0.926. The summed E-state index contributed by atoms with van der Waals surface area (Å²) in [5, 5.41) is 10.0. The molecule has 0 radical (unpaired) electrons. The minimum atomic E-state index is -3.52. The van der Waals surface area contributed by atoms with Crippen LogP contribution in [-0.2, 0) is 10.0 Å². The molecule has 5 nitrogen and oxygen atoms in total. The zero-order valence-corrected chi connectivity index (χ0v) is 9.97. The Morgan fingerprint density at radius 2 is 2.25 bits per heavy atom. The first-order chi connectivity index (χ1) is 7.49. The van der Waals surface area contributed by atoms with E-state index < -0.39 is 16.0 Å². The zero-order valence-electron chi connectivity index (χ0n) is 8.34. The molecule has 0 amide bonds. The first kappa shape index (κ1) is 11.6. The Kier molecular flexibility index (Phi) is 3.00. The molecule has 1 heterocycles. The average Bonchev–Trinajstić information content (AvgIpc) is 2.89. The van der Waals surface area contributed by atoms with Crippen LogP contribution in [0.5, 0.6) is 0 Å². The maximum atomic E-state index is 11.7. The number of carbonyl (C=O) groups is 1. The van der Waals surface area contributed by atoms with Gasteiger partial charge in [0.1, 0.15) is 4.21 Å². The fourth-order valence-electron chi connectivity index (χ4n) is 1.19. The molecule has 1 aromatic heterocycles. The topological polar surface area (TPSA) is 83.5 Å². The first-order valence-corrected chi connectivity index (χ1v) is 7.17. The molecule has 0 aromatic carbocycles. The minimum absolute atomic E-state index is 0.0109. The first-order valence-electron chi connectivity index (χ1n) is 4.80. The molecule has 0 unspecified atom stereocenters. The van der Waals surface area contributed by atoms with Gasteiger partial charge in [-0.15, -0.1) is 11.3 Å². The number of sulfonamides is 1. The van der Waals surface area contributed by atoms with Gasteiger partial charge in [-0.2, -0.15) is 0 Å². The van der Waals surface area contributed by atoms with E-state index in [0.29, 0.717) is 12.5 Å². The van der Waals surface area contributed by atoms with Gasteiger partial charge >= 0.3 is 5.97 Å². The van der Waals surface area contributed by atoms with Crippen LogP contribution in [-0.4, -0.2) is 26.0 Å². The number of carboxylic acids is 1. The maximum absolute atomic E-state index is 11.7. The Hall–Kier alpha value is -0.920. The largest absolute Gasteiger partial charge is 0.478 e. The van der Waals surface area contributed by atoms with E-state index in [-0.39, 0.29) is 9.77 Å². The lowest BCUT2D eigenvalue weighted by Crippen LogP contribution is -2.25. The van der Waals surface area contributed by atoms with E-state index in [1.54, 1.807) is 0 Å². The smallest absolute Gasteiger partial charge is 0.336 e. The van der Waals surface area contributed by atoms with Crippen LogP contribution < -0.4 is 4.72 Å². The van der Waals surface area contributed by atoms with Gasteiger partial charge in [0.25, 0.3) is 0 Å². The van der Waals surface area contributed by atoms with Gasteiger partial charge in [-0.1, -0.05) is 0 Å². The zero-order chi connectivity index (χ0) is 11.8. The quantitative estimate of drug-likeness (QED) is 0.832. The third-order valence-electron chi connectivity index (χ3n) is 2.35. The predicted molar refractivity (Wildman–Crippen MR) is 59.2 cm³/mol. The molecular formula is C9H11NO4S2. The van der Waals surface area contributed by atoms with Crippen LogP contribution in [0.15, 0.2) is 15.7 Å². The van der Waals surface area contributed by atoms with Crippen molar-refractivity contribution in [2.45, 2.75) is 17.1 Å². The Morgan fingerprint density at radius 3 is 2.75 bits per heavy atom. The summed E-state index contributed by atoms with van der Waals surface area (Å²) in [7, 11) is -3.52. The van der Waals surface area contributed by atoms with Gasteiger partial charge in [0.05, 0.1) is 5.56 Å². The summed E-state index contributed by atoms with van der Waals surface area (Å²) in [6, 6.07) is 1.18. The highest BCUT2D eigenvalue weighted by Gasteiger charge is 2.25. The summed E-state index contributed by atoms with van der Waals surface area (Å²) in [6.45, 7) is 0.447. The standard InChI is InChI=1S/C9H11NO4S2/c11-9(12)7-3-8(15-5-7)16(13,14)10-4-6-1-2-6/h3,5-6,10H,1-2,4H2,(H,11,12). The van der Waals surface area contributed by atoms with Crippen molar-refractivity contribution in [3.63, 3.8) is 0 Å². The number of hydrogen-bond acceptors (Lipinski definition) is 4. The Bertz CT molecular complexity index is 501. The fraction of sp³-hybridized carbons (Fsp3) is 0.444. The second-order valence-corrected chi connectivity index (χ2v) is 6.66. The van der Waals surface area contributed by atoms with Gasteiger partial charge in [-0.25, -0.2) is 17.9 Å². The van der Waals surface area contributed by atoms with Crippen LogP contribution in [0, 0.1) is 5.92 Å². The number of carboxylic acid groups (broad SMARTS) is 1. The maximum Gasteiger partial charge on any atom is 0.336 e. The number of rotatable bonds is 5. The van der Waals surface area contributed by atoms with Crippen LogP contribution in [0.3, 0.4) is 0 Å². The van der Waals surface area contributed by atoms with E-state index >= 15 is 0 Å². The monoisotopic (exact) mass is 261 g/mol. The lowest BCUT2D eigenvalue weighted by atomic mass is 10.4. The number of thiophene rings is 1. The van der Waals surface area contributed by atoms with Gasteiger partial charge in [-0.3, -0.25) is 0 Å². The van der Waals surface area contributed by atoms with E-state index in [9.17, 15) is 13.2 Å². The molecule has 1 aromatic rings. The van der Waals surface area contributed by atoms with Crippen molar-refractivity contribution in [1.29, 1.82) is 0 Å². The summed E-state index contributed by atoms with van der Waals surface area (Å²) in [6.07, 6.45) is 2.13. The number of aromatic carboxylic acids is 1. The number of hydrogen-bond donors (Lipinski definition) is 2. The van der Waals surface area contributed by atoms with Crippen LogP contribution in [0.2, 0.25) is 0 Å². The predicted octanol–water partition coefficient (Wildman–Crippen LogP) is 1.13. The van der Waals surface area contributed by atoms with Crippen LogP contribution >= 0.6 is 11.3 Å². The molecule has 1 fully saturated rings. The lowest BCUT2D eigenvalue weighted by Gasteiger charge is -2.02. The molecule has 2 N–H and O–H groups in total. The Labute approximate surface area is 97.2 Å². The van der Waals surface area contributed by atoms with Crippen LogP contribution in [0.1, 0.15) is 23.2 Å². The summed E-state index contributed by atoms with van der Waals surface area (Å²) < 4.78 is 26.0. The average molecular weight is 261 g/mol. The van der Waals surface area contributed by atoms with Crippen molar-refractivity contribution in [2.24, 2.45) is 5.92 Å². The van der Waals surface area contributed by atoms with Gasteiger partial charge in [0.2, 0.25) is 10.0 Å². The summed E-state index contributed by atoms with van der Waals surface area (Å²) in [4.78, 5) is 10.6. The summed E-state index contributed by atoms with van der Waals surface area (Å²) in [5.74, 6) is -0.659. The minimum Gasteiger partial charge on any atom is -0.478 e. The Morgan fingerprint density at radius 1 is 1.56 bits per heavy atom. The van der Waals surface area contributed by atoms with Crippen molar-refractivity contribution in [2.75, 3.05) is 6.54 Å².